The zero-order chi connectivity index (χ0) is 35.1. The number of carbonyl (C=O) groups is 2. The molecule has 276 valence electrons. The van der Waals surface area contributed by atoms with E-state index in [0.717, 1.165) is 32.1 Å². The summed E-state index contributed by atoms with van der Waals surface area (Å²) in [6.07, 6.45) is 30.6. The average Bonchev–Trinajstić information content (AvgIpc) is 3.01. The molecular formula is C37H71NO8P+. The van der Waals surface area contributed by atoms with Gasteiger partial charge in [0.05, 0.1) is 27.7 Å². The van der Waals surface area contributed by atoms with E-state index < -0.39 is 32.5 Å². The molecule has 0 radical (unpaired) electrons. The largest absolute Gasteiger partial charge is 0.472 e. The van der Waals surface area contributed by atoms with Crippen LogP contribution in [0.15, 0.2) is 24.3 Å². The van der Waals surface area contributed by atoms with Crippen molar-refractivity contribution in [3.63, 3.8) is 0 Å². The fourth-order valence-electron chi connectivity index (χ4n) is 4.73. The molecule has 0 aromatic carbocycles. The van der Waals surface area contributed by atoms with Crippen LogP contribution >= 0.6 is 7.82 Å². The first-order valence-corrected chi connectivity index (χ1v) is 20.1. The molecule has 0 aromatic rings. The lowest BCUT2D eigenvalue weighted by molar-refractivity contribution is -0.870. The molecule has 0 saturated heterocycles. The Morgan fingerprint density at radius 2 is 1.17 bits per heavy atom. The third-order valence-corrected chi connectivity index (χ3v) is 8.72. The number of nitrogens with zero attached hydrogens (tertiary/aromatic N) is 1. The summed E-state index contributed by atoms with van der Waals surface area (Å²) in [5.74, 6) is -0.845. The van der Waals surface area contributed by atoms with Crippen LogP contribution in [0.5, 0.6) is 0 Å². The SMILES string of the molecule is CCCCCCC/C=C\C/C=C\CCCCCCCCCCCC(=O)OC(COC(=O)CCCC)COP(=O)(O)OCC[N+](C)(C)C. The number of hydrogen-bond donors (Lipinski definition) is 1. The summed E-state index contributed by atoms with van der Waals surface area (Å²) in [7, 11) is 1.47. The molecule has 0 rings (SSSR count). The number of phosphoric acid groups is 1. The first kappa shape index (κ1) is 45.5. The summed E-state index contributed by atoms with van der Waals surface area (Å²) in [5, 5.41) is 0. The van der Waals surface area contributed by atoms with Crippen LogP contribution in [0.25, 0.3) is 0 Å². The van der Waals surface area contributed by atoms with E-state index in [4.69, 9.17) is 18.5 Å². The summed E-state index contributed by atoms with van der Waals surface area (Å²) in [6, 6.07) is 0. The second-order valence-electron chi connectivity index (χ2n) is 13.6. The highest BCUT2D eigenvalue weighted by Crippen LogP contribution is 2.43. The van der Waals surface area contributed by atoms with Gasteiger partial charge in [0.1, 0.15) is 19.8 Å². The van der Waals surface area contributed by atoms with Gasteiger partial charge in [-0.1, -0.05) is 115 Å². The Bertz CT molecular complexity index is 871. The van der Waals surface area contributed by atoms with Crippen molar-refractivity contribution in [2.45, 2.75) is 155 Å². The van der Waals surface area contributed by atoms with Gasteiger partial charge in [-0.2, -0.15) is 0 Å². The Labute approximate surface area is 288 Å². The highest BCUT2D eigenvalue weighted by atomic mass is 31.2. The van der Waals surface area contributed by atoms with Gasteiger partial charge in [0.15, 0.2) is 6.10 Å². The number of phosphoric ester groups is 1. The van der Waals surface area contributed by atoms with E-state index in [2.05, 4.69) is 31.2 Å². The Balaban J connectivity index is 4.07. The molecular weight excluding hydrogens is 617 g/mol. The van der Waals surface area contributed by atoms with Crippen LogP contribution in [-0.2, 0) is 32.7 Å². The minimum absolute atomic E-state index is 0.0307. The quantitative estimate of drug-likeness (QED) is 0.0239. The second kappa shape index (κ2) is 30.5. The van der Waals surface area contributed by atoms with E-state index in [-0.39, 0.29) is 26.1 Å². The van der Waals surface area contributed by atoms with Gasteiger partial charge in [0.25, 0.3) is 0 Å². The second-order valence-corrected chi connectivity index (χ2v) is 15.1. The molecule has 0 fully saturated rings. The number of hydrogen-bond acceptors (Lipinski definition) is 7. The van der Waals surface area contributed by atoms with Crippen molar-refractivity contribution in [3.05, 3.63) is 24.3 Å². The van der Waals surface area contributed by atoms with Crippen molar-refractivity contribution in [3.8, 4) is 0 Å². The minimum Gasteiger partial charge on any atom is -0.462 e. The van der Waals surface area contributed by atoms with Crippen molar-refractivity contribution >= 4 is 19.8 Å². The summed E-state index contributed by atoms with van der Waals surface area (Å²) >= 11 is 0. The van der Waals surface area contributed by atoms with E-state index in [1.807, 2.05) is 28.1 Å². The zero-order valence-electron chi connectivity index (χ0n) is 30.8. The highest BCUT2D eigenvalue weighted by Gasteiger charge is 2.27. The maximum atomic E-state index is 12.5. The van der Waals surface area contributed by atoms with Gasteiger partial charge in [-0.25, -0.2) is 4.57 Å². The molecule has 0 aliphatic rings. The van der Waals surface area contributed by atoms with Gasteiger partial charge in [-0.3, -0.25) is 18.6 Å². The number of quaternary nitrogens is 1. The third-order valence-electron chi connectivity index (χ3n) is 7.73. The lowest BCUT2D eigenvalue weighted by Crippen LogP contribution is -2.37. The van der Waals surface area contributed by atoms with Crippen LogP contribution in [0.4, 0.5) is 0 Å². The molecule has 0 aliphatic carbocycles. The average molecular weight is 689 g/mol. The standard InChI is InChI=1S/C37H70NO8P/c1-6-8-10-11-12-13-14-15-16-17-18-19-20-21-22-23-24-25-26-27-28-30-37(40)46-35(33-43-36(39)29-9-7-2)34-45-47(41,42)44-32-31-38(3,4)5/h14-15,17-18,35H,6-13,16,19-34H2,1-5H3/p+1/b15-14-,18-17-. The number of likely N-dealkylation sites (N-methyl/N-ethyl adjacent to an activating group) is 1. The maximum absolute atomic E-state index is 12.5. The molecule has 10 heteroatoms. The van der Waals surface area contributed by atoms with Gasteiger partial charge >= 0.3 is 19.8 Å². The predicted octanol–water partition coefficient (Wildman–Crippen LogP) is 9.63. The Kier molecular flexibility index (Phi) is 29.6. The van der Waals surface area contributed by atoms with Gasteiger partial charge in [0, 0.05) is 12.8 Å². The molecule has 1 N–H and O–H groups in total. The monoisotopic (exact) mass is 688 g/mol. The van der Waals surface area contributed by atoms with Crippen molar-refractivity contribution in [1.29, 1.82) is 0 Å². The minimum atomic E-state index is -4.35. The summed E-state index contributed by atoms with van der Waals surface area (Å²) < 4.78 is 33.7. The fourth-order valence-corrected chi connectivity index (χ4v) is 5.47. The van der Waals surface area contributed by atoms with E-state index in [1.54, 1.807) is 0 Å². The Hall–Kier alpha value is -1.51. The first-order valence-electron chi connectivity index (χ1n) is 18.6. The van der Waals surface area contributed by atoms with Crippen molar-refractivity contribution in [1.82, 2.24) is 0 Å². The van der Waals surface area contributed by atoms with Crippen molar-refractivity contribution < 1.29 is 42.1 Å². The summed E-state index contributed by atoms with van der Waals surface area (Å²) in [4.78, 5) is 34.5. The molecule has 0 heterocycles. The molecule has 0 aromatic heterocycles. The molecule has 0 bridgehead atoms. The van der Waals surface area contributed by atoms with E-state index in [9.17, 15) is 19.0 Å². The van der Waals surface area contributed by atoms with Crippen LogP contribution in [0.2, 0.25) is 0 Å². The Morgan fingerprint density at radius 3 is 1.72 bits per heavy atom. The summed E-state index contributed by atoms with van der Waals surface area (Å²) in [5.41, 5.74) is 0. The number of ether oxygens (including phenoxy) is 2. The lowest BCUT2D eigenvalue weighted by atomic mass is 10.1. The molecule has 2 atom stereocenters. The van der Waals surface area contributed by atoms with E-state index in [0.29, 0.717) is 23.9 Å². The summed E-state index contributed by atoms with van der Waals surface area (Å²) in [6.45, 7) is 4.13. The van der Waals surface area contributed by atoms with Crippen LogP contribution in [0.1, 0.15) is 149 Å². The van der Waals surface area contributed by atoms with Gasteiger partial charge in [-0.05, 0) is 44.9 Å². The Morgan fingerprint density at radius 1 is 0.660 bits per heavy atom. The lowest BCUT2D eigenvalue weighted by Gasteiger charge is -2.24. The fraction of sp³-hybridized carbons (Fsp3) is 0.838. The molecule has 0 spiro atoms. The van der Waals surface area contributed by atoms with Crippen LogP contribution in [0, 0.1) is 0 Å². The van der Waals surface area contributed by atoms with Gasteiger partial charge in [0.2, 0.25) is 0 Å². The van der Waals surface area contributed by atoms with E-state index in [1.165, 1.54) is 77.0 Å². The number of carbonyl (C=O) groups excluding carboxylic acids is 2. The van der Waals surface area contributed by atoms with E-state index >= 15 is 0 Å². The van der Waals surface area contributed by atoms with Gasteiger partial charge < -0.3 is 18.9 Å². The third kappa shape index (κ3) is 34.2. The predicted molar refractivity (Wildman–Crippen MR) is 192 cm³/mol. The normalized spacial score (nSPS) is 14.1. The highest BCUT2D eigenvalue weighted by molar-refractivity contribution is 7.47. The number of esters is 2. The van der Waals surface area contributed by atoms with Crippen molar-refractivity contribution in [2.24, 2.45) is 0 Å². The smallest absolute Gasteiger partial charge is 0.462 e. The number of allylic oxidation sites excluding steroid dienone is 4. The molecule has 0 aliphatic heterocycles. The molecule has 0 saturated carbocycles. The number of unbranched alkanes of at least 4 members (excludes halogenated alkanes) is 15. The maximum Gasteiger partial charge on any atom is 0.472 e. The van der Waals surface area contributed by atoms with Crippen LogP contribution in [-0.4, -0.2) is 74.9 Å². The molecule has 0 amide bonds. The molecule has 2 unspecified atom stereocenters. The zero-order valence-corrected chi connectivity index (χ0v) is 31.7. The molecule has 9 nitrogen and oxygen atoms in total. The topological polar surface area (TPSA) is 108 Å². The first-order chi connectivity index (χ1) is 22.5. The van der Waals surface area contributed by atoms with Gasteiger partial charge in [-0.15, -0.1) is 0 Å². The van der Waals surface area contributed by atoms with Crippen molar-refractivity contribution in [2.75, 3.05) is 47.5 Å². The number of rotatable bonds is 33. The van der Waals surface area contributed by atoms with Crippen LogP contribution < -0.4 is 0 Å². The van der Waals surface area contributed by atoms with Crippen LogP contribution in [0.3, 0.4) is 0 Å². The molecule has 47 heavy (non-hydrogen) atoms.